The SMILES string of the molecule is [B]c1c(-c2ccc3ccccc3c2)c([B])c2c([B])c([B])c(-c3cccc(B4OC(C)(C)C(C)(C)O4)c3)c([B])c2c1[B]. The molecule has 0 aliphatic carbocycles. The van der Waals surface area contributed by atoms with Crippen molar-refractivity contribution in [2.45, 2.75) is 38.9 Å². The van der Waals surface area contributed by atoms with E-state index in [4.69, 9.17) is 56.4 Å². The number of fused-ring (bicyclic) bond motifs is 2. The fraction of sp³-hybridized carbons (Fsp3) is 0.188. The minimum Gasteiger partial charge on any atom is -0.399 e. The van der Waals surface area contributed by atoms with Gasteiger partial charge in [-0.15, -0.1) is 0 Å². The predicted octanol–water partition coefficient (Wildman–Crippen LogP) is 0.389. The van der Waals surface area contributed by atoms with Gasteiger partial charge in [0.1, 0.15) is 47.1 Å². The second-order valence-electron chi connectivity index (χ2n) is 11.8. The monoisotopic (exact) mass is 516 g/mol. The van der Waals surface area contributed by atoms with Crippen LogP contribution in [-0.2, 0) is 9.31 Å². The number of rotatable bonds is 3. The van der Waals surface area contributed by atoms with E-state index in [0.717, 1.165) is 27.4 Å². The predicted molar refractivity (Wildman–Crippen MR) is 180 cm³/mol. The summed E-state index contributed by atoms with van der Waals surface area (Å²) in [6.07, 6.45) is 0. The highest BCUT2D eigenvalue weighted by Crippen LogP contribution is 2.36. The average Bonchev–Trinajstić information content (AvgIpc) is 3.16. The van der Waals surface area contributed by atoms with Crippen molar-refractivity contribution in [2.75, 3.05) is 0 Å². The zero-order chi connectivity index (χ0) is 29.4. The van der Waals surface area contributed by atoms with E-state index < -0.39 is 18.3 Å². The standard InChI is InChI=1S/C32H23B7O2/c1-31(2)32(3,4)41-39(40-31)20-11-7-10-18(15-20)21-25(33)23-24(29(37)27(21)35)26(34)22(28(36)30(23)38)19-13-12-16-8-5-6-9-17(16)14-19/h5-15H,1-4H3. The minimum absolute atomic E-state index is 0.288. The normalized spacial score (nSPS) is 16.0. The zero-order valence-electron chi connectivity index (χ0n) is 23.7. The summed E-state index contributed by atoms with van der Waals surface area (Å²) in [6, 6.07) is 21.8. The Morgan fingerprint density at radius 2 is 1.02 bits per heavy atom. The van der Waals surface area contributed by atoms with Crippen molar-refractivity contribution in [1.82, 2.24) is 0 Å². The maximum atomic E-state index is 6.82. The lowest BCUT2D eigenvalue weighted by atomic mass is 9.60. The van der Waals surface area contributed by atoms with Crippen LogP contribution in [0.3, 0.4) is 0 Å². The van der Waals surface area contributed by atoms with E-state index in [1.165, 1.54) is 0 Å². The maximum absolute atomic E-state index is 6.82. The summed E-state index contributed by atoms with van der Waals surface area (Å²) in [5.74, 6) is 0. The number of benzene rings is 5. The molecule has 0 unspecified atom stereocenters. The van der Waals surface area contributed by atoms with Gasteiger partial charge in [0.2, 0.25) is 0 Å². The Bertz CT molecular complexity index is 1860. The first-order chi connectivity index (χ1) is 19.3. The van der Waals surface area contributed by atoms with Crippen LogP contribution in [0.4, 0.5) is 0 Å². The lowest BCUT2D eigenvalue weighted by molar-refractivity contribution is 0.00578. The van der Waals surface area contributed by atoms with E-state index in [-0.39, 0.29) is 5.46 Å². The molecule has 9 heteroatoms. The zero-order valence-corrected chi connectivity index (χ0v) is 23.7. The largest absolute Gasteiger partial charge is 0.494 e. The van der Waals surface area contributed by atoms with Crippen molar-refractivity contribution < 1.29 is 9.31 Å². The van der Waals surface area contributed by atoms with Crippen LogP contribution in [0.15, 0.2) is 66.7 Å². The molecule has 1 aliphatic rings. The van der Waals surface area contributed by atoms with E-state index in [9.17, 15) is 0 Å². The van der Waals surface area contributed by atoms with Gasteiger partial charge in [0.25, 0.3) is 0 Å². The van der Waals surface area contributed by atoms with Crippen molar-refractivity contribution >= 4 is 114 Å². The van der Waals surface area contributed by atoms with Gasteiger partial charge in [0.05, 0.1) is 11.2 Å². The molecule has 41 heavy (non-hydrogen) atoms. The molecule has 0 spiro atoms. The van der Waals surface area contributed by atoms with Gasteiger partial charge < -0.3 is 9.31 Å². The highest BCUT2D eigenvalue weighted by Gasteiger charge is 2.51. The van der Waals surface area contributed by atoms with Gasteiger partial charge in [-0.25, -0.2) is 0 Å². The Balaban J connectivity index is 1.54. The molecule has 0 N–H and O–H groups in total. The van der Waals surface area contributed by atoms with Crippen LogP contribution in [-0.4, -0.2) is 65.4 Å². The highest BCUT2D eigenvalue weighted by atomic mass is 16.7. The lowest BCUT2D eigenvalue weighted by Gasteiger charge is -2.32. The van der Waals surface area contributed by atoms with Crippen LogP contribution in [0.25, 0.3) is 43.8 Å². The van der Waals surface area contributed by atoms with Gasteiger partial charge in [-0.1, -0.05) is 93.4 Å². The van der Waals surface area contributed by atoms with Crippen molar-refractivity contribution in [3.05, 3.63) is 66.7 Å². The second-order valence-corrected chi connectivity index (χ2v) is 11.8. The molecule has 0 bridgehead atoms. The molecule has 184 valence electrons. The highest BCUT2D eigenvalue weighted by molar-refractivity contribution is 6.68. The van der Waals surface area contributed by atoms with E-state index >= 15 is 0 Å². The fourth-order valence-corrected chi connectivity index (χ4v) is 5.69. The van der Waals surface area contributed by atoms with Crippen molar-refractivity contribution in [3.63, 3.8) is 0 Å². The van der Waals surface area contributed by atoms with Crippen molar-refractivity contribution in [2.24, 2.45) is 0 Å². The van der Waals surface area contributed by atoms with E-state index in [2.05, 4.69) is 0 Å². The third-order valence-electron chi connectivity index (χ3n) is 8.72. The molecule has 1 aliphatic heterocycles. The summed E-state index contributed by atoms with van der Waals surface area (Å²) < 4.78 is 12.5. The molecular formula is C32H23B7O2. The first-order valence-corrected chi connectivity index (χ1v) is 13.5. The minimum atomic E-state index is -0.555. The third kappa shape index (κ3) is 4.35. The van der Waals surface area contributed by atoms with Crippen molar-refractivity contribution in [3.8, 4) is 22.3 Å². The number of hydrogen-bond acceptors (Lipinski definition) is 2. The van der Waals surface area contributed by atoms with Crippen LogP contribution >= 0.6 is 0 Å². The smallest absolute Gasteiger partial charge is 0.399 e. The van der Waals surface area contributed by atoms with Crippen LogP contribution in [0, 0.1) is 0 Å². The average molecular weight is 515 g/mol. The molecule has 1 heterocycles. The molecule has 6 rings (SSSR count). The quantitative estimate of drug-likeness (QED) is 0.324. The summed E-state index contributed by atoms with van der Waals surface area (Å²) in [5, 5.41) is 3.11. The fourth-order valence-electron chi connectivity index (χ4n) is 5.69. The molecular weight excluding hydrogens is 492 g/mol. The van der Waals surface area contributed by atoms with Gasteiger partial charge in [-0.2, -0.15) is 0 Å². The van der Waals surface area contributed by atoms with Crippen LogP contribution in [0.5, 0.6) is 0 Å². The van der Waals surface area contributed by atoms with E-state index in [1.54, 1.807) is 0 Å². The van der Waals surface area contributed by atoms with Gasteiger partial charge in [-0.3, -0.25) is 0 Å². The molecule has 5 aromatic carbocycles. The third-order valence-corrected chi connectivity index (χ3v) is 8.72. The summed E-state index contributed by atoms with van der Waals surface area (Å²) in [7, 11) is 39.8. The topological polar surface area (TPSA) is 18.5 Å². The summed E-state index contributed by atoms with van der Waals surface area (Å²) >= 11 is 0. The Labute approximate surface area is 250 Å². The molecule has 0 amide bonds. The first kappa shape index (κ1) is 28.1. The molecule has 0 atom stereocenters. The van der Waals surface area contributed by atoms with Crippen LogP contribution in [0.2, 0.25) is 0 Å². The second kappa shape index (κ2) is 9.78. The number of hydrogen-bond donors (Lipinski definition) is 0. The summed E-state index contributed by atoms with van der Waals surface area (Å²) in [4.78, 5) is 0. The van der Waals surface area contributed by atoms with Gasteiger partial charge in [-0.05, 0) is 83.0 Å². The molecule has 2 nitrogen and oxygen atoms in total. The van der Waals surface area contributed by atoms with Crippen LogP contribution < -0.4 is 38.2 Å². The Morgan fingerprint density at radius 1 is 0.512 bits per heavy atom. The van der Waals surface area contributed by atoms with Gasteiger partial charge in [0, 0.05) is 0 Å². The van der Waals surface area contributed by atoms with Crippen LogP contribution in [0.1, 0.15) is 27.7 Å². The van der Waals surface area contributed by atoms with Gasteiger partial charge >= 0.3 is 7.12 Å². The molecule has 0 saturated carbocycles. The Hall–Kier alpha value is -3.01. The lowest BCUT2D eigenvalue weighted by Crippen LogP contribution is -2.44. The first-order valence-electron chi connectivity index (χ1n) is 13.5. The molecule has 5 aromatic rings. The molecule has 1 saturated heterocycles. The molecule has 0 aromatic heterocycles. The summed E-state index contributed by atoms with van der Waals surface area (Å²) in [5.41, 5.74) is 4.53. The Morgan fingerprint density at radius 3 is 1.59 bits per heavy atom. The maximum Gasteiger partial charge on any atom is 0.494 e. The molecule has 1 fully saturated rings. The van der Waals surface area contributed by atoms with E-state index in [1.807, 2.05) is 94.4 Å². The molecule has 12 radical (unpaired) electrons. The Kier molecular flexibility index (Phi) is 6.71. The van der Waals surface area contributed by atoms with E-state index in [0.29, 0.717) is 49.2 Å². The van der Waals surface area contributed by atoms with Gasteiger partial charge in [0.15, 0.2) is 0 Å². The van der Waals surface area contributed by atoms with Crippen molar-refractivity contribution in [1.29, 1.82) is 0 Å². The summed E-state index contributed by atoms with van der Waals surface area (Å²) in [6.45, 7) is 8.06.